The highest BCUT2D eigenvalue weighted by molar-refractivity contribution is 7.89. The van der Waals surface area contributed by atoms with E-state index in [0.29, 0.717) is 6.54 Å². The molecule has 2 aromatic carbocycles. The second-order valence-corrected chi connectivity index (χ2v) is 10.3. The van der Waals surface area contributed by atoms with Gasteiger partial charge in [0, 0.05) is 12.6 Å². The monoisotopic (exact) mass is 472 g/mol. The maximum Gasteiger partial charge on any atom is 0.338 e. The van der Waals surface area contributed by atoms with Crippen molar-refractivity contribution in [2.75, 3.05) is 13.2 Å². The number of hydrogen-bond donors (Lipinski definition) is 1. The van der Waals surface area contributed by atoms with Crippen LogP contribution >= 0.6 is 0 Å². The quantitative estimate of drug-likeness (QED) is 0.589. The number of esters is 1. The minimum atomic E-state index is -3.61. The molecular formula is C25H32N2O5S. The van der Waals surface area contributed by atoms with Crippen LogP contribution in [0.3, 0.4) is 0 Å². The van der Waals surface area contributed by atoms with Crippen molar-refractivity contribution < 1.29 is 22.7 Å². The van der Waals surface area contributed by atoms with Crippen LogP contribution in [0, 0.1) is 0 Å². The molecule has 1 heterocycles. The molecule has 1 fully saturated rings. The third-order valence-electron chi connectivity index (χ3n) is 6.04. The number of ether oxygens (including phenoxy) is 1. The first-order valence-corrected chi connectivity index (χ1v) is 12.8. The highest BCUT2D eigenvalue weighted by Crippen LogP contribution is 2.25. The average Bonchev–Trinajstić information content (AvgIpc) is 2.82. The first-order valence-electron chi connectivity index (χ1n) is 11.4. The average molecular weight is 473 g/mol. The number of benzene rings is 2. The van der Waals surface area contributed by atoms with Gasteiger partial charge in [0.25, 0.3) is 5.91 Å². The molecular weight excluding hydrogens is 440 g/mol. The van der Waals surface area contributed by atoms with E-state index in [1.54, 1.807) is 0 Å². The zero-order chi connectivity index (χ0) is 24.0. The molecule has 1 N–H and O–H groups in total. The maximum atomic E-state index is 12.9. The van der Waals surface area contributed by atoms with Crippen molar-refractivity contribution in [3.8, 4) is 0 Å². The van der Waals surface area contributed by atoms with E-state index in [2.05, 4.69) is 12.2 Å². The van der Waals surface area contributed by atoms with E-state index in [1.807, 2.05) is 38.1 Å². The highest BCUT2D eigenvalue weighted by atomic mass is 32.2. The zero-order valence-corrected chi connectivity index (χ0v) is 20.2. The number of sulfonamides is 1. The summed E-state index contributed by atoms with van der Waals surface area (Å²) in [5.74, 6) is -1.09. The topological polar surface area (TPSA) is 92.8 Å². The molecule has 2 unspecified atom stereocenters. The fourth-order valence-corrected chi connectivity index (χ4v) is 5.65. The number of hydrogen-bond acceptors (Lipinski definition) is 5. The molecule has 0 aliphatic carbocycles. The molecule has 8 heteroatoms. The van der Waals surface area contributed by atoms with Crippen molar-refractivity contribution >= 4 is 21.9 Å². The van der Waals surface area contributed by atoms with E-state index in [0.717, 1.165) is 31.2 Å². The van der Waals surface area contributed by atoms with E-state index in [9.17, 15) is 18.0 Å². The summed E-state index contributed by atoms with van der Waals surface area (Å²) in [4.78, 5) is 24.7. The predicted octanol–water partition coefficient (Wildman–Crippen LogP) is 3.85. The molecule has 1 aliphatic rings. The smallest absolute Gasteiger partial charge is 0.338 e. The molecule has 1 aliphatic heterocycles. The van der Waals surface area contributed by atoms with Crippen LogP contribution in [0.1, 0.15) is 67.6 Å². The standard InChI is InChI=1S/C25H32N2O5S/c1-4-20-8-10-21(11-9-20)19(3)26-24(28)17-32-25(29)22-12-14-23(15-13-22)33(30,31)27-16-6-5-7-18(27)2/h8-15,18-19H,4-7,16-17H2,1-3H3,(H,26,28). The number of carbonyl (C=O) groups is 2. The second kappa shape index (κ2) is 10.9. The number of nitrogens with one attached hydrogen (secondary N) is 1. The normalized spacial score (nSPS) is 17.8. The predicted molar refractivity (Wildman–Crippen MR) is 126 cm³/mol. The van der Waals surface area contributed by atoms with Crippen molar-refractivity contribution in [3.63, 3.8) is 0 Å². The van der Waals surface area contributed by atoms with E-state index < -0.39 is 28.5 Å². The van der Waals surface area contributed by atoms with Crippen LogP contribution in [0.15, 0.2) is 53.4 Å². The lowest BCUT2D eigenvalue weighted by Gasteiger charge is -2.32. The van der Waals surface area contributed by atoms with Crippen LogP contribution in [-0.2, 0) is 26.0 Å². The molecule has 0 saturated carbocycles. The summed E-state index contributed by atoms with van der Waals surface area (Å²) in [5, 5.41) is 2.81. The van der Waals surface area contributed by atoms with Crippen molar-refractivity contribution in [1.82, 2.24) is 9.62 Å². The number of rotatable bonds is 8. The molecule has 1 amide bonds. The Bertz CT molecular complexity index is 1060. The first-order chi connectivity index (χ1) is 15.7. The van der Waals surface area contributed by atoms with Gasteiger partial charge in [0.15, 0.2) is 6.61 Å². The molecule has 2 aromatic rings. The fourth-order valence-electron chi connectivity index (χ4n) is 3.95. The summed E-state index contributed by atoms with van der Waals surface area (Å²) in [5.41, 5.74) is 2.37. The van der Waals surface area contributed by atoms with Crippen LogP contribution < -0.4 is 5.32 Å². The Kier molecular flexibility index (Phi) is 8.26. The molecule has 33 heavy (non-hydrogen) atoms. The SMILES string of the molecule is CCc1ccc(C(C)NC(=O)COC(=O)c2ccc(S(=O)(=O)N3CCCCC3C)cc2)cc1. The second-order valence-electron chi connectivity index (χ2n) is 8.45. The van der Waals surface area contributed by atoms with Crippen molar-refractivity contribution in [2.24, 2.45) is 0 Å². The van der Waals surface area contributed by atoms with Gasteiger partial charge in [-0.2, -0.15) is 4.31 Å². The third kappa shape index (κ3) is 6.21. The summed E-state index contributed by atoms with van der Waals surface area (Å²) >= 11 is 0. The van der Waals surface area contributed by atoms with Gasteiger partial charge in [0.2, 0.25) is 10.0 Å². The number of carbonyl (C=O) groups excluding carboxylic acids is 2. The Morgan fingerprint density at radius 1 is 1.09 bits per heavy atom. The third-order valence-corrected chi connectivity index (χ3v) is 8.07. The van der Waals surface area contributed by atoms with Crippen LogP contribution in [0.25, 0.3) is 0 Å². The van der Waals surface area contributed by atoms with Gasteiger partial charge in [-0.05, 0) is 68.5 Å². The van der Waals surface area contributed by atoms with Crippen molar-refractivity contribution in [1.29, 1.82) is 0 Å². The molecule has 0 spiro atoms. The zero-order valence-electron chi connectivity index (χ0n) is 19.4. The van der Waals surface area contributed by atoms with Crippen LogP contribution in [-0.4, -0.2) is 43.8 Å². The largest absolute Gasteiger partial charge is 0.452 e. The van der Waals surface area contributed by atoms with E-state index >= 15 is 0 Å². The summed E-state index contributed by atoms with van der Waals surface area (Å²) in [6.07, 6.45) is 3.66. The van der Waals surface area contributed by atoms with Gasteiger partial charge in [-0.1, -0.05) is 37.6 Å². The molecule has 7 nitrogen and oxygen atoms in total. The number of aryl methyl sites for hydroxylation is 1. The minimum Gasteiger partial charge on any atom is -0.452 e. The Balaban J connectivity index is 1.54. The lowest BCUT2D eigenvalue weighted by Crippen LogP contribution is -2.41. The molecule has 178 valence electrons. The minimum absolute atomic E-state index is 0.0427. The van der Waals surface area contributed by atoms with Crippen molar-refractivity contribution in [3.05, 3.63) is 65.2 Å². The van der Waals surface area contributed by atoms with Gasteiger partial charge in [0.05, 0.1) is 16.5 Å². The summed E-state index contributed by atoms with van der Waals surface area (Å²) in [6, 6.07) is 13.4. The number of amides is 1. The first kappa shape index (κ1) is 24.9. The van der Waals surface area contributed by atoms with Crippen LogP contribution in [0.2, 0.25) is 0 Å². The van der Waals surface area contributed by atoms with Gasteiger partial charge < -0.3 is 10.1 Å². The van der Waals surface area contributed by atoms with E-state index in [4.69, 9.17) is 4.74 Å². The Labute approximate surface area is 196 Å². The van der Waals surface area contributed by atoms with Gasteiger partial charge in [0.1, 0.15) is 0 Å². The molecule has 0 radical (unpaired) electrons. The summed E-state index contributed by atoms with van der Waals surface area (Å²) in [6.45, 7) is 5.94. The number of piperidine rings is 1. The Morgan fingerprint density at radius 3 is 2.36 bits per heavy atom. The maximum absolute atomic E-state index is 12.9. The van der Waals surface area contributed by atoms with Gasteiger partial charge in [-0.15, -0.1) is 0 Å². The number of nitrogens with zero attached hydrogens (tertiary/aromatic N) is 1. The molecule has 1 saturated heterocycles. The van der Waals surface area contributed by atoms with E-state index in [-0.39, 0.29) is 22.5 Å². The summed E-state index contributed by atoms with van der Waals surface area (Å²) in [7, 11) is -3.61. The summed E-state index contributed by atoms with van der Waals surface area (Å²) < 4.78 is 32.4. The molecule has 0 aromatic heterocycles. The fraction of sp³-hybridized carbons (Fsp3) is 0.440. The molecule has 3 rings (SSSR count). The molecule has 2 atom stereocenters. The highest BCUT2D eigenvalue weighted by Gasteiger charge is 2.31. The van der Waals surface area contributed by atoms with Gasteiger partial charge >= 0.3 is 5.97 Å². The van der Waals surface area contributed by atoms with Gasteiger partial charge in [-0.3, -0.25) is 4.79 Å². The Morgan fingerprint density at radius 2 is 1.76 bits per heavy atom. The van der Waals surface area contributed by atoms with Gasteiger partial charge in [-0.25, -0.2) is 13.2 Å². The van der Waals surface area contributed by atoms with Crippen LogP contribution in [0.5, 0.6) is 0 Å². The van der Waals surface area contributed by atoms with Crippen molar-refractivity contribution in [2.45, 2.75) is 63.4 Å². The van der Waals surface area contributed by atoms with Crippen LogP contribution in [0.4, 0.5) is 0 Å². The lowest BCUT2D eigenvalue weighted by molar-refractivity contribution is -0.124. The van der Waals surface area contributed by atoms with E-state index in [1.165, 1.54) is 34.1 Å². The lowest BCUT2D eigenvalue weighted by atomic mass is 10.1. The Hall–Kier alpha value is -2.71. The molecule has 0 bridgehead atoms.